The zero-order valence-electron chi connectivity index (χ0n) is 9.14. The minimum Gasteiger partial charge on any atom is -0.351 e. The van der Waals surface area contributed by atoms with Crippen LogP contribution in [-0.4, -0.2) is 9.55 Å². The Morgan fingerprint density at radius 3 is 2.94 bits per heavy atom. The Balaban J connectivity index is 2.42. The highest BCUT2D eigenvalue weighted by Crippen LogP contribution is 2.21. The number of rotatable bonds is 2. The predicted molar refractivity (Wildman–Crippen MR) is 65.7 cm³/mol. The normalized spacial score (nSPS) is 11.4. The monoisotopic (exact) mass is 229 g/mol. The molecule has 2 aromatic rings. The Morgan fingerprint density at radius 1 is 1.62 bits per heavy atom. The smallest absolute Gasteiger partial charge is 0.134 e. The van der Waals surface area contributed by atoms with Gasteiger partial charge in [0.25, 0.3) is 0 Å². The summed E-state index contributed by atoms with van der Waals surface area (Å²) >= 11 is 1.50. The molecule has 0 N–H and O–H groups in total. The van der Waals surface area contributed by atoms with Crippen molar-refractivity contribution >= 4 is 23.0 Å². The van der Waals surface area contributed by atoms with E-state index in [9.17, 15) is 0 Å². The van der Waals surface area contributed by atoms with Crippen molar-refractivity contribution in [2.45, 2.75) is 6.92 Å². The summed E-state index contributed by atoms with van der Waals surface area (Å²) in [6.07, 6.45) is 3.81. The van der Waals surface area contributed by atoms with Gasteiger partial charge in [0.2, 0.25) is 0 Å². The van der Waals surface area contributed by atoms with Crippen molar-refractivity contribution in [1.82, 2.24) is 9.55 Å². The number of hydrogen-bond acceptors (Lipinski definition) is 3. The third-order valence-corrected chi connectivity index (χ3v) is 3.24. The number of aromatic nitrogens is 2. The van der Waals surface area contributed by atoms with E-state index in [0.29, 0.717) is 5.57 Å². The van der Waals surface area contributed by atoms with Gasteiger partial charge in [0.15, 0.2) is 0 Å². The SMILES string of the molecule is Cc1csc(/C(C#N)=C\c2cccn2C)n1. The lowest BCUT2D eigenvalue weighted by molar-refractivity contribution is 0.915. The van der Waals surface area contributed by atoms with Gasteiger partial charge in [-0.2, -0.15) is 5.26 Å². The molecule has 0 aliphatic carbocycles. The molecule has 0 saturated carbocycles. The number of nitriles is 1. The van der Waals surface area contributed by atoms with Crippen LogP contribution in [0.15, 0.2) is 23.7 Å². The number of nitrogens with zero attached hydrogens (tertiary/aromatic N) is 3. The fraction of sp³-hybridized carbons (Fsp3) is 0.167. The van der Waals surface area contributed by atoms with Crippen molar-refractivity contribution in [3.63, 3.8) is 0 Å². The van der Waals surface area contributed by atoms with Crippen molar-refractivity contribution in [3.05, 3.63) is 40.1 Å². The zero-order valence-corrected chi connectivity index (χ0v) is 9.95. The lowest BCUT2D eigenvalue weighted by Gasteiger charge is -1.97. The Labute approximate surface area is 98.3 Å². The first kappa shape index (κ1) is 10.7. The van der Waals surface area contributed by atoms with Gasteiger partial charge in [0.1, 0.15) is 11.1 Å². The summed E-state index contributed by atoms with van der Waals surface area (Å²) in [5.74, 6) is 0. The van der Waals surface area contributed by atoms with E-state index in [1.807, 2.05) is 48.3 Å². The third-order valence-electron chi connectivity index (χ3n) is 2.25. The maximum absolute atomic E-state index is 9.12. The molecule has 0 aromatic carbocycles. The van der Waals surface area contributed by atoms with E-state index >= 15 is 0 Å². The lowest BCUT2D eigenvalue weighted by atomic mass is 10.2. The molecule has 0 saturated heterocycles. The van der Waals surface area contributed by atoms with E-state index in [1.165, 1.54) is 11.3 Å². The minimum absolute atomic E-state index is 0.611. The fourth-order valence-corrected chi connectivity index (χ4v) is 2.15. The van der Waals surface area contributed by atoms with Gasteiger partial charge >= 0.3 is 0 Å². The second kappa shape index (κ2) is 4.33. The van der Waals surface area contributed by atoms with E-state index < -0.39 is 0 Å². The molecular weight excluding hydrogens is 218 g/mol. The number of hydrogen-bond donors (Lipinski definition) is 0. The van der Waals surface area contributed by atoms with Gasteiger partial charge in [-0.3, -0.25) is 0 Å². The Bertz CT molecular complexity index is 569. The molecule has 16 heavy (non-hydrogen) atoms. The molecule has 3 nitrogen and oxygen atoms in total. The first-order valence-electron chi connectivity index (χ1n) is 4.86. The molecule has 0 aliphatic heterocycles. The molecule has 4 heteroatoms. The van der Waals surface area contributed by atoms with Crippen molar-refractivity contribution in [2.75, 3.05) is 0 Å². The van der Waals surface area contributed by atoms with Gasteiger partial charge in [-0.1, -0.05) is 0 Å². The fourth-order valence-electron chi connectivity index (χ4n) is 1.39. The van der Waals surface area contributed by atoms with Crippen LogP contribution in [0.2, 0.25) is 0 Å². The minimum atomic E-state index is 0.611. The summed E-state index contributed by atoms with van der Waals surface area (Å²) in [6.45, 7) is 1.93. The van der Waals surface area contributed by atoms with Crippen molar-refractivity contribution in [2.24, 2.45) is 7.05 Å². The summed E-state index contributed by atoms with van der Waals surface area (Å²) in [5.41, 5.74) is 2.57. The van der Waals surface area contributed by atoms with E-state index in [0.717, 1.165) is 16.4 Å². The van der Waals surface area contributed by atoms with Gasteiger partial charge < -0.3 is 4.57 Å². The van der Waals surface area contributed by atoms with Gasteiger partial charge in [-0.25, -0.2) is 4.98 Å². The number of aryl methyl sites for hydroxylation is 2. The first-order valence-corrected chi connectivity index (χ1v) is 5.74. The van der Waals surface area contributed by atoms with Crippen molar-refractivity contribution in [3.8, 4) is 6.07 Å². The van der Waals surface area contributed by atoms with Crippen LogP contribution < -0.4 is 0 Å². The summed E-state index contributed by atoms with van der Waals surface area (Å²) in [4.78, 5) is 4.31. The van der Waals surface area contributed by atoms with Crippen LogP contribution in [0.3, 0.4) is 0 Å². The van der Waals surface area contributed by atoms with Crippen LogP contribution >= 0.6 is 11.3 Å². The zero-order chi connectivity index (χ0) is 11.5. The van der Waals surface area contributed by atoms with Gasteiger partial charge in [-0.05, 0) is 25.1 Å². The van der Waals surface area contributed by atoms with Crippen molar-refractivity contribution < 1.29 is 0 Å². The van der Waals surface area contributed by atoms with Gasteiger partial charge in [0.05, 0.1) is 5.57 Å². The van der Waals surface area contributed by atoms with E-state index in [1.54, 1.807) is 0 Å². The Kier molecular flexibility index (Phi) is 2.88. The van der Waals surface area contributed by atoms with Gasteiger partial charge in [-0.15, -0.1) is 11.3 Å². The second-order valence-electron chi connectivity index (χ2n) is 3.51. The third kappa shape index (κ3) is 2.05. The number of thiazole rings is 1. The predicted octanol–water partition coefficient (Wildman–Crippen LogP) is 2.85. The molecule has 0 spiro atoms. The molecule has 0 aliphatic rings. The maximum atomic E-state index is 9.12. The highest BCUT2D eigenvalue weighted by atomic mass is 32.1. The quantitative estimate of drug-likeness (QED) is 0.743. The van der Waals surface area contributed by atoms with Gasteiger partial charge in [0, 0.05) is 30.0 Å². The molecular formula is C12H11N3S. The molecule has 2 rings (SSSR count). The van der Waals surface area contributed by atoms with E-state index in [-0.39, 0.29) is 0 Å². The van der Waals surface area contributed by atoms with Crippen LogP contribution in [0.1, 0.15) is 16.4 Å². The molecule has 2 aromatic heterocycles. The Hall–Kier alpha value is -1.86. The topological polar surface area (TPSA) is 41.6 Å². The largest absolute Gasteiger partial charge is 0.351 e. The first-order chi connectivity index (χ1) is 7.70. The molecule has 0 amide bonds. The molecule has 2 heterocycles. The van der Waals surface area contributed by atoms with Crippen LogP contribution in [0, 0.1) is 18.3 Å². The highest BCUT2D eigenvalue weighted by Gasteiger charge is 2.06. The highest BCUT2D eigenvalue weighted by molar-refractivity contribution is 7.11. The van der Waals surface area contributed by atoms with Crippen LogP contribution in [0.25, 0.3) is 11.6 Å². The maximum Gasteiger partial charge on any atom is 0.134 e. The molecule has 0 bridgehead atoms. The van der Waals surface area contributed by atoms with Crippen LogP contribution in [0.4, 0.5) is 0 Å². The molecule has 0 radical (unpaired) electrons. The average molecular weight is 229 g/mol. The summed E-state index contributed by atoms with van der Waals surface area (Å²) in [5, 5.41) is 11.8. The molecule has 0 unspecified atom stereocenters. The summed E-state index contributed by atoms with van der Waals surface area (Å²) < 4.78 is 1.97. The molecule has 0 fully saturated rings. The van der Waals surface area contributed by atoms with Crippen LogP contribution in [-0.2, 0) is 7.05 Å². The Morgan fingerprint density at radius 2 is 2.44 bits per heavy atom. The lowest BCUT2D eigenvalue weighted by Crippen LogP contribution is -1.89. The number of allylic oxidation sites excluding steroid dienone is 1. The van der Waals surface area contributed by atoms with E-state index in [2.05, 4.69) is 11.1 Å². The standard InChI is InChI=1S/C12H11N3S/c1-9-8-16-12(14-9)10(7-13)6-11-4-3-5-15(11)2/h3-6,8H,1-2H3/b10-6-. The van der Waals surface area contributed by atoms with E-state index in [4.69, 9.17) is 5.26 Å². The second-order valence-corrected chi connectivity index (χ2v) is 4.37. The summed E-state index contributed by atoms with van der Waals surface area (Å²) in [6, 6.07) is 6.12. The van der Waals surface area contributed by atoms with Crippen molar-refractivity contribution in [1.29, 1.82) is 5.26 Å². The molecule has 80 valence electrons. The summed E-state index contributed by atoms with van der Waals surface area (Å²) in [7, 11) is 1.95. The van der Waals surface area contributed by atoms with Crippen LogP contribution in [0.5, 0.6) is 0 Å². The average Bonchev–Trinajstić information content (AvgIpc) is 2.85. The molecule has 0 atom stereocenters.